The monoisotopic (exact) mass is 300 g/mol. The Kier molecular flexibility index (Phi) is 4.34. The molecule has 2 aromatic rings. The van der Waals surface area contributed by atoms with E-state index < -0.39 is 19.8 Å². The fourth-order valence-corrected chi connectivity index (χ4v) is 2.14. The zero-order chi connectivity index (χ0) is 14.8. The predicted molar refractivity (Wildman–Crippen MR) is 70.1 cm³/mol. The van der Waals surface area contributed by atoms with Gasteiger partial charge >= 0.3 is 0 Å². The molecule has 0 aliphatic carbocycles. The summed E-state index contributed by atoms with van der Waals surface area (Å²) in [5.74, 6) is 0.257. The lowest BCUT2D eigenvalue weighted by molar-refractivity contribution is -0.180. The first kappa shape index (κ1) is 14.9. The largest absolute Gasteiger partial charge is 0.798 e. The fraction of sp³-hybridized carbons (Fsp3) is 0.500. The van der Waals surface area contributed by atoms with Gasteiger partial charge < -0.3 is 29.6 Å². The van der Waals surface area contributed by atoms with E-state index in [0.29, 0.717) is 11.2 Å². The summed E-state index contributed by atoms with van der Waals surface area (Å²) in [6, 6.07) is 0. The van der Waals surface area contributed by atoms with Crippen LogP contribution in [-0.4, -0.2) is 50.3 Å². The molecule has 0 radical (unpaired) electrons. The molecule has 0 spiro atoms. The highest BCUT2D eigenvalue weighted by atomic mass is 31.2. The number of ether oxygens (including phenoxy) is 1. The lowest BCUT2D eigenvalue weighted by Crippen LogP contribution is -2.25. The van der Waals surface area contributed by atoms with Gasteiger partial charge in [-0.1, -0.05) is 0 Å². The second-order valence-corrected chi connectivity index (χ2v) is 6.73. The van der Waals surface area contributed by atoms with E-state index in [0.717, 1.165) is 6.66 Å². The number of hydrogen-bond donors (Lipinski definition) is 2. The summed E-state index contributed by atoms with van der Waals surface area (Å²) in [4.78, 5) is 23.0. The van der Waals surface area contributed by atoms with Crippen LogP contribution in [0.4, 0.5) is 5.82 Å². The molecule has 10 heteroatoms. The molecule has 0 bridgehead atoms. The summed E-state index contributed by atoms with van der Waals surface area (Å²) >= 11 is 0. The first-order valence-electron chi connectivity index (χ1n) is 5.82. The summed E-state index contributed by atoms with van der Waals surface area (Å²) in [5.41, 5.74) is 6.62. The summed E-state index contributed by atoms with van der Waals surface area (Å²) in [6.45, 7) is 0.978. The number of fused-ring (bicyclic) bond motifs is 1. The molecule has 0 aliphatic heterocycles. The highest BCUT2D eigenvalue weighted by Crippen LogP contribution is 2.29. The maximum Gasteiger partial charge on any atom is 0.165 e. The van der Waals surface area contributed by atoms with E-state index >= 15 is 0 Å². The molecule has 2 atom stereocenters. The molecule has 0 fully saturated rings. The normalized spacial score (nSPS) is 16.1. The molecule has 110 valence electrons. The number of aromatic nitrogens is 4. The van der Waals surface area contributed by atoms with Crippen molar-refractivity contribution in [1.82, 2.24) is 19.5 Å². The summed E-state index contributed by atoms with van der Waals surface area (Å²) in [5, 5.41) is 9.24. The third kappa shape index (κ3) is 3.51. The lowest BCUT2D eigenvalue weighted by Gasteiger charge is -2.22. The Bertz CT molecular complexity index is 640. The molecule has 0 amide bonds. The van der Waals surface area contributed by atoms with Crippen LogP contribution in [0, 0.1) is 0 Å². The van der Waals surface area contributed by atoms with Gasteiger partial charge in [-0.3, -0.25) is 0 Å². The number of nitrogens with two attached hydrogens (primary N) is 1. The Hall–Kier alpha value is -1.54. The quantitative estimate of drug-likeness (QED) is 0.648. The molecule has 2 heterocycles. The maximum atomic E-state index is 11.1. The van der Waals surface area contributed by atoms with Crippen LogP contribution in [0.25, 0.3) is 11.2 Å². The Balaban J connectivity index is 2.14. The second kappa shape index (κ2) is 5.84. The average molecular weight is 300 g/mol. The van der Waals surface area contributed by atoms with Gasteiger partial charge in [0.15, 0.2) is 11.5 Å². The minimum atomic E-state index is -3.53. The van der Waals surface area contributed by atoms with Crippen LogP contribution in [0.15, 0.2) is 12.7 Å². The van der Waals surface area contributed by atoms with Gasteiger partial charge in [0.05, 0.1) is 31.9 Å². The minimum Gasteiger partial charge on any atom is -0.798 e. The van der Waals surface area contributed by atoms with E-state index in [1.54, 1.807) is 4.57 Å². The number of anilines is 1. The lowest BCUT2D eigenvalue weighted by atomic mass is 10.3. The SMILES string of the molecule is CP(=O)([O-])COC(CO)Cn1cnc2c(N)ncnc21. The fourth-order valence-electron chi connectivity index (χ4n) is 1.66. The van der Waals surface area contributed by atoms with Gasteiger partial charge in [0.2, 0.25) is 0 Å². The highest BCUT2D eigenvalue weighted by molar-refractivity contribution is 7.55. The molecular weight excluding hydrogens is 285 g/mol. The average Bonchev–Trinajstić information content (AvgIpc) is 2.78. The van der Waals surface area contributed by atoms with Gasteiger partial charge in [-0.25, -0.2) is 15.0 Å². The first-order valence-corrected chi connectivity index (χ1v) is 8.07. The highest BCUT2D eigenvalue weighted by Gasteiger charge is 2.14. The second-order valence-electron chi connectivity index (χ2n) is 4.44. The number of aliphatic hydroxyl groups excluding tert-OH is 1. The number of rotatable bonds is 6. The smallest absolute Gasteiger partial charge is 0.165 e. The topological polar surface area (TPSA) is 139 Å². The zero-order valence-corrected chi connectivity index (χ0v) is 11.7. The Morgan fingerprint density at radius 3 is 2.95 bits per heavy atom. The van der Waals surface area contributed by atoms with E-state index in [9.17, 15) is 14.6 Å². The van der Waals surface area contributed by atoms with Crippen molar-refractivity contribution in [2.24, 2.45) is 0 Å². The maximum absolute atomic E-state index is 11.1. The van der Waals surface area contributed by atoms with Crippen LogP contribution < -0.4 is 10.6 Å². The predicted octanol–water partition coefficient (Wildman–Crippen LogP) is -0.988. The summed E-state index contributed by atoms with van der Waals surface area (Å²) in [7, 11) is -3.53. The standard InChI is InChI=1S/C10H16N5O4P/c1-20(17,18)6-19-7(3-16)2-15-5-14-8-9(11)12-4-13-10(8)15/h4-5,7,16H,2-3,6H2,1H3,(H,17,18)(H2,11,12,13)/p-1. The van der Waals surface area contributed by atoms with Crippen LogP contribution in [0.1, 0.15) is 0 Å². The van der Waals surface area contributed by atoms with Crippen molar-refractivity contribution >= 4 is 24.4 Å². The minimum absolute atomic E-state index is 0.212. The molecule has 9 nitrogen and oxygen atoms in total. The zero-order valence-electron chi connectivity index (χ0n) is 10.8. The van der Waals surface area contributed by atoms with Crippen LogP contribution in [0.3, 0.4) is 0 Å². The third-order valence-corrected chi connectivity index (χ3v) is 3.20. The Labute approximate surface area is 114 Å². The Morgan fingerprint density at radius 1 is 1.55 bits per heavy atom. The molecule has 0 saturated heterocycles. The molecule has 2 unspecified atom stereocenters. The number of nitrogens with zero attached hydrogens (tertiary/aromatic N) is 4. The number of nitrogen functional groups attached to an aromatic ring is 1. The number of hydrogen-bond acceptors (Lipinski definition) is 8. The number of imidazole rings is 1. The van der Waals surface area contributed by atoms with Crippen LogP contribution >= 0.6 is 7.37 Å². The molecule has 0 saturated carbocycles. The first-order chi connectivity index (χ1) is 9.40. The van der Waals surface area contributed by atoms with Crippen molar-refractivity contribution < 1.29 is 19.3 Å². The van der Waals surface area contributed by atoms with Crippen LogP contribution in [-0.2, 0) is 15.8 Å². The molecule has 20 heavy (non-hydrogen) atoms. The molecule has 2 aromatic heterocycles. The van der Waals surface area contributed by atoms with Crippen molar-refractivity contribution in [1.29, 1.82) is 0 Å². The van der Waals surface area contributed by atoms with E-state index in [-0.39, 0.29) is 19.0 Å². The van der Waals surface area contributed by atoms with Gasteiger partial charge in [0.1, 0.15) is 11.8 Å². The van der Waals surface area contributed by atoms with E-state index in [2.05, 4.69) is 15.0 Å². The van der Waals surface area contributed by atoms with Gasteiger partial charge in [-0.05, 0) is 6.66 Å². The van der Waals surface area contributed by atoms with Gasteiger partial charge in [-0.15, -0.1) is 0 Å². The van der Waals surface area contributed by atoms with E-state index in [4.69, 9.17) is 10.5 Å². The van der Waals surface area contributed by atoms with Crippen molar-refractivity contribution in [2.75, 3.05) is 25.4 Å². The van der Waals surface area contributed by atoms with E-state index in [1.807, 2.05) is 0 Å². The Morgan fingerprint density at radius 2 is 2.30 bits per heavy atom. The van der Waals surface area contributed by atoms with Crippen molar-refractivity contribution in [3.05, 3.63) is 12.7 Å². The summed E-state index contributed by atoms with van der Waals surface area (Å²) < 4.78 is 17.9. The van der Waals surface area contributed by atoms with Crippen molar-refractivity contribution in [3.63, 3.8) is 0 Å². The molecular formula is C10H15N5O4P-. The van der Waals surface area contributed by atoms with E-state index in [1.165, 1.54) is 12.7 Å². The van der Waals surface area contributed by atoms with Crippen LogP contribution in [0.2, 0.25) is 0 Å². The van der Waals surface area contributed by atoms with Crippen molar-refractivity contribution in [2.45, 2.75) is 12.6 Å². The van der Waals surface area contributed by atoms with Gasteiger partial charge in [0, 0.05) is 7.37 Å². The third-order valence-electron chi connectivity index (χ3n) is 2.58. The van der Waals surface area contributed by atoms with Crippen LogP contribution in [0.5, 0.6) is 0 Å². The molecule has 0 aliphatic rings. The molecule has 0 aromatic carbocycles. The molecule has 3 N–H and O–H groups in total. The molecule has 2 rings (SSSR count). The summed E-state index contributed by atoms with van der Waals surface area (Å²) in [6.07, 6.45) is 1.69. The number of aliphatic hydroxyl groups is 1. The van der Waals surface area contributed by atoms with Gasteiger partial charge in [-0.2, -0.15) is 0 Å². The van der Waals surface area contributed by atoms with Gasteiger partial charge in [0.25, 0.3) is 0 Å². The van der Waals surface area contributed by atoms with Crippen molar-refractivity contribution in [3.8, 4) is 0 Å².